The van der Waals surface area contributed by atoms with Crippen molar-refractivity contribution in [3.63, 3.8) is 0 Å². The summed E-state index contributed by atoms with van der Waals surface area (Å²) < 4.78 is 22.6. The Morgan fingerprint density at radius 2 is 1.87 bits per heavy atom. The third kappa shape index (κ3) is 5.94. The van der Waals surface area contributed by atoms with E-state index in [2.05, 4.69) is 65.3 Å². The fourth-order valence-electron chi connectivity index (χ4n) is 4.27. The van der Waals surface area contributed by atoms with Crippen molar-refractivity contribution in [1.29, 1.82) is 0 Å². The number of methoxy groups -OCH3 is 2. The molecule has 204 valence electrons. The van der Waals surface area contributed by atoms with Crippen LogP contribution in [-0.4, -0.2) is 76.3 Å². The molecule has 1 aliphatic rings. The standard InChI is InChI=1S/C27H37N5O5Si/c1-8-38(6,7)20-11-9-10-19(16-20)36-22-13-12-21(37-22)24(33)28-23-25(34-4)29-27(30-26(23)35-5)32-15-14-18(17-32)31(2)3/h9-13,16,18H,8,14-15,17H2,1-7H3,(H,28,33). The lowest BCUT2D eigenvalue weighted by molar-refractivity contribution is 0.0990. The summed E-state index contributed by atoms with van der Waals surface area (Å²) in [6.45, 7) is 8.47. The summed E-state index contributed by atoms with van der Waals surface area (Å²) in [5, 5.41) is 4.07. The van der Waals surface area contributed by atoms with Crippen molar-refractivity contribution in [2.45, 2.75) is 38.5 Å². The molecule has 0 radical (unpaired) electrons. The molecule has 3 aromatic rings. The number of likely N-dealkylation sites (N-methyl/N-ethyl adjacent to an activating group) is 1. The monoisotopic (exact) mass is 539 g/mol. The molecule has 0 aliphatic carbocycles. The highest BCUT2D eigenvalue weighted by atomic mass is 28.3. The topological polar surface area (TPSA) is 102 Å². The van der Waals surface area contributed by atoms with Gasteiger partial charge in [-0.25, -0.2) is 0 Å². The van der Waals surface area contributed by atoms with Crippen molar-refractivity contribution < 1.29 is 23.4 Å². The molecule has 0 spiro atoms. The van der Waals surface area contributed by atoms with Crippen molar-refractivity contribution in [2.24, 2.45) is 0 Å². The molecule has 38 heavy (non-hydrogen) atoms. The van der Waals surface area contributed by atoms with Gasteiger partial charge in [0.1, 0.15) is 5.75 Å². The van der Waals surface area contributed by atoms with Gasteiger partial charge in [-0.1, -0.05) is 43.4 Å². The summed E-state index contributed by atoms with van der Waals surface area (Å²) in [5.74, 6) is 1.36. The molecule has 1 unspecified atom stereocenters. The van der Waals surface area contributed by atoms with Crippen LogP contribution >= 0.6 is 0 Å². The minimum Gasteiger partial charge on any atom is -0.479 e. The van der Waals surface area contributed by atoms with Crippen LogP contribution in [-0.2, 0) is 0 Å². The van der Waals surface area contributed by atoms with Gasteiger partial charge in [0.15, 0.2) is 11.4 Å². The quantitative estimate of drug-likeness (QED) is 0.380. The molecule has 1 aromatic carbocycles. The van der Waals surface area contributed by atoms with Crippen molar-refractivity contribution >= 4 is 30.8 Å². The zero-order chi connectivity index (χ0) is 27.4. The highest BCUT2D eigenvalue weighted by Gasteiger charge is 2.29. The summed E-state index contributed by atoms with van der Waals surface area (Å²) in [5.41, 5.74) is 0.227. The lowest BCUT2D eigenvalue weighted by Gasteiger charge is -2.21. The highest BCUT2D eigenvalue weighted by Crippen LogP contribution is 2.35. The number of amides is 1. The largest absolute Gasteiger partial charge is 0.479 e. The zero-order valence-electron chi connectivity index (χ0n) is 23.2. The van der Waals surface area contributed by atoms with Gasteiger partial charge in [0.2, 0.25) is 17.7 Å². The Bertz CT molecular complexity index is 1250. The van der Waals surface area contributed by atoms with Crippen LogP contribution in [0.3, 0.4) is 0 Å². The van der Waals surface area contributed by atoms with E-state index in [1.165, 1.54) is 19.4 Å². The number of nitrogens with zero attached hydrogens (tertiary/aromatic N) is 4. The van der Waals surface area contributed by atoms with Gasteiger partial charge >= 0.3 is 0 Å². The second-order valence-corrected chi connectivity index (χ2v) is 15.3. The maximum Gasteiger partial charge on any atom is 0.291 e. The molecule has 1 N–H and O–H groups in total. The summed E-state index contributed by atoms with van der Waals surface area (Å²) in [7, 11) is 5.59. The van der Waals surface area contributed by atoms with E-state index in [-0.39, 0.29) is 29.2 Å². The molecule has 0 bridgehead atoms. The molecule has 4 rings (SSSR count). The van der Waals surface area contributed by atoms with Crippen LogP contribution < -0.4 is 29.6 Å². The number of carbonyl (C=O) groups is 1. The minimum atomic E-state index is -1.51. The van der Waals surface area contributed by atoms with Crippen LogP contribution in [0.1, 0.15) is 23.9 Å². The van der Waals surface area contributed by atoms with E-state index in [0.717, 1.165) is 25.6 Å². The maximum absolute atomic E-state index is 13.1. The minimum absolute atomic E-state index is 0.0703. The summed E-state index contributed by atoms with van der Waals surface area (Å²) in [4.78, 5) is 26.4. The number of hydrogen-bond acceptors (Lipinski definition) is 9. The Morgan fingerprint density at radius 1 is 1.16 bits per heavy atom. The number of ether oxygens (including phenoxy) is 3. The van der Waals surface area contributed by atoms with E-state index in [0.29, 0.717) is 17.7 Å². The molecule has 1 saturated heterocycles. The number of benzene rings is 1. The summed E-state index contributed by atoms with van der Waals surface area (Å²) in [6.07, 6.45) is 1.00. The Kier molecular flexibility index (Phi) is 8.27. The van der Waals surface area contributed by atoms with Crippen LogP contribution in [0.4, 0.5) is 11.6 Å². The van der Waals surface area contributed by atoms with Crippen molar-refractivity contribution in [3.8, 4) is 23.5 Å². The third-order valence-electron chi connectivity index (χ3n) is 7.16. The number of rotatable bonds is 10. The SMILES string of the molecule is CC[Si](C)(C)c1cccc(Oc2ccc(C(=O)Nc3c(OC)nc(N4CCC(N(C)C)C4)nc3OC)o2)c1. The number of anilines is 2. The fourth-order valence-corrected chi connectivity index (χ4v) is 5.76. The zero-order valence-corrected chi connectivity index (χ0v) is 24.2. The number of nitrogens with one attached hydrogen (secondary N) is 1. The molecule has 3 heterocycles. The maximum atomic E-state index is 13.1. The third-order valence-corrected chi connectivity index (χ3v) is 10.8. The first kappa shape index (κ1) is 27.5. The van der Waals surface area contributed by atoms with Gasteiger partial charge in [-0.3, -0.25) is 4.79 Å². The van der Waals surface area contributed by atoms with E-state index in [1.807, 2.05) is 18.2 Å². The first-order valence-corrected chi connectivity index (χ1v) is 16.0. The van der Waals surface area contributed by atoms with Gasteiger partial charge in [0, 0.05) is 25.2 Å². The Hall–Kier alpha value is -3.57. The fraction of sp³-hybridized carbons (Fsp3) is 0.444. The first-order chi connectivity index (χ1) is 18.1. The van der Waals surface area contributed by atoms with Gasteiger partial charge in [-0.05, 0) is 38.7 Å². The van der Waals surface area contributed by atoms with Gasteiger partial charge < -0.3 is 33.7 Å². The van der Waals surface area contributed by atoms with Crippen molar-refractivity contribution in [1.82, 2.24) is 14.9 Å². The van der Waals surface area contributed by atoms with E-state index in [1.54, 1.807) is 12.1 Å². The Morgan fingerprint density at radius 3 is 2.47 bits per heavy atom. The predicted octanol–water partition coefficient (Wildman–Crippen LogP) is 4.21. The molecule has 10 nitrogen and oxygen atoms in total. The van der Waals surface area contributed by atoms with E-state index < -0.39 is 14.0 Å². The lowest BCUT2D eigenvalue weighted by atomic mass is 10.2. The van der Waals surface area contributed by atoms with E-state index >= 15 is 0 Å². The van der Waals surface area contributed by atoms with Gasteiger partial charge in [0.25, 0.3) is 11.9 Å². The Labute approximate surface area is 224 Å². The smallest absolute Gasteiger partial charge is 0.291 e. The number of hydrogen-bond donors (Lipinski definition) is 1. The second kappa shape index (κ2) is 11.4. The lowest BCUT2D eigenvalue weighted by Crippen LogP contribution is -2.40. The number of carbonyl (C=O) groups excluding carboxylic acids is 1. The van der Waals surface area contributed by atoms with E-state index in [9.17, 15) is 4.79 Å². The van der Waals surface area contributed by atoms with Crippen LogP contribution in [0.25, 0.3) is 0 Å². The van der Waals surface area contributed by atoms with Crippen LogP contribution in [0.15, 0.2) is 40.8 Å². The Balaban J connectivity index is 1.50. The molecule has 1 atom stereocenters. The predicted molar refractivity (Wildman–Crippen MR) is 150 cm³/mol. The van der Waals surface area contributed by atoms with Crippen molar-refractivity contribution in [3.05, 3.63) is 42.2 Å². The summed E-state index contributed by atoms with van der Waals surface area (Å²) in [6, 6.07) is 12.8. The van der Waals surface area contributed by atoms with E-state index in [4.69, 9.17) is 18.6 Å². The molecular weight excluding hydrogens is 502 g/mol. The molecule has 1 amide bonds. The highest BCUT2D eigenvalue weighted by molar-refractivity contribution is 6.89. The number of furan rings is 1. The van der Waals surface area contributed by atoms with Gasteiger partial charge in [-0.2, -0.15) is 9.97 Å². The molecule has 11 heteroatoms. The molecule has 2 aromatic heterocycles. The molecular formula is C27H37N5O5Si. The van der Waals surface area contributed by atoms with Crippen LogP contribution in [0.2, 0.25) is 19.1 Å². The van der Waals surface area contributed by atoms with Crippen molar-refractivity contribution in [2.75, 3.05) is 51.6 Å². The average Bonchev–Trinajstić information content (AvgIpc) is 3.59. The van der Waals surface area contributed by atoms with Crippen LogP contribution in [0.5, 0.6) is 23.5 Å². The number of aromatic nitrogens is 2. The molecule has 1 aliphatic heterocycles. The van der Waals surface area contributed by atoms with Crippen LogP contribution in [0, 0.1) is 0 Å². The molecule has 0 saturated carbocycles. The second-order valence-electron chi connectivity index (χ2n) is 10.2. The van der Waals surface area contributed by atoms with Gasteiger partial charge in [-0.15, -0.1) is 0 Å². The summed E-state index contributed by atoms with van der Waals surface area (Å²) >= 11 is 0. The normalized spacial score (nSPS) is 15.6. The molecule has 1 fully saturated rings. The first-order valence-electron chi connectivity index (χ1n) is 12.8. The average molecular weight is 540 g/mol. The van der Waals surface area contributed by atoms with Gasteiger partial charge in [0.05, 0.1) is 22.3 Å².